The lowest BCUT2D eigenvalue weighted by molar-refractivity contribution is -0.384. The minimum atomic E-state index is -4.59. The molecule has 1 aromatic rings. The summed E-state index contributed by atoms with van der Waals surface area (Å²) >= 11 is 0. The van der Waals surface area contributed by atoms with Crippen LogP contribution in [0.3, 0.4) is 0 Å². The Labute approximate surface area is 94.8 Å². The van der Waals surface area contributed by atoms with Crippen LogP contribution in [0.25, 0.3) is 0 Å². The molecule has 0 N–H and O–H groups in total. The average Bonchev–Trinajstić information content (AvgIpc) is 3.00. The number of rotatable bonds is 3. The summed E-state index contributed by atoms with van der Waals surface area (Å²) in [6.45, 7) is 0. The van der Waals surface area contributed by atoms with Crippen LogP contribution in [0.4, 0.5) is 24.5 Å². The van der Waals surface area contributed by atoms with Gasteiger partial charge in [-0.2, -0.15) is 13.2 Å². The first-order chi connectivity index (χ1) is 7.91. The Bertz CT molecular complexity index is 443. The Morgan fingerprint density at radius 1 is 1.29 bits per heavy atom. The van der Waals surface area contributed by atoms with E-state index in [9.17, 15) is 23.3 Å². The maximum atomic E-state index is 12.8. The summed E-state index contributed by atoms with van der Waals surface area (Å²) in [5.41, 5.74) is -0.899. The Morgan fingerprint density at radius 2 is 1.88 bits per heavy atom. The van der Waals surface area contributed by atoms with Crippen molar-refractivity contribution >= 4 is 11.4 Å². The first kappa shape index (κ1) is 11.7. The maximum absolute atomic E-state index is 12.8. The highest BCUT2D eigenvalue weighted by molar-refractivity contribution is 5.64. The zero-order chi connectivity index (χ0) is 12.6. The van der Waals surface area contributed by atoms with Crippen molar-refractivity contribution in [3.63, 3.8) is 0 Å². The highest BCUT2D eigenvalue weighted by Crippen LogP contribution is 2.43. The van der Waals surface area contributed by atoms with E-state index in [1.165, 1.54) is 12.1 Å². The van der Waals surface area contributed by atoms with Crippen molar-refractivity contribution in [1.29, 1.82) is 0 Å². The standard InChI is InChI=1S/C10H9F3N2O2/c11-10(12,13)14(7-5-6-7)8-3-1-2-4-9(8)15(16)17/h1-4,7H,5-6H2. The van der Waals surface area contributed by atoms with Crippen molar-refractivity contribution in [2.24, 2.45) is 0 Å². The molecule has 0 saturated heterocycles. The molecule has 0 bridgehead atoms. The van der Waals surface area contributed by atoms with Crippen molar-refractivity contribution in [3.05, 3.63) is 34.4 Å². The van der Waals surface area contributed by atoms with Gasteiger partial charge in [0.25, 0.3) is 5.69 Å². The molecule has 1 aromatic carbocycles. The Kier molecular flexibility index (Phi) is 2.68. The van der Waals surface area contributed by atoms with Crippen molar-refractivity contribution in [1.82, 2.24) is 0 Å². The number of halogens is 3. The van der Waals surface area contributed by atoms with Crippen LogP contribution in [-0.2, 0) is 0 Å². The van der Waals surface area contributed by atoms with Crippen LogP contribution >= 0.6 is 0 Å². The molecule has 0 radical (unpaired) electrons. The van der Waals surface area contributed by atoms with Crippen molar-refractivity contribution in [2.75, 3.05) is 4.90 Å². The van der Waals surface area contributed by atoms with Gasteiger partial charge in [-0.1, -0.05) is 12.1 Å². The van der Waals surface area contributed by atoms with E-state index < -0.39 is 23.0 Å². The van der Waals surface area contributed by atoms with E-state index in [1.807, 2.05) is 0 Å². The number of nitro groups is 1. The second-order valence-corrected chi connectivity index (χ2v) is 3.81. The topological polar surface area (TPSA) is 46.4 Å². The minimum absolute atomic E-state index is 0.186. The minimum Gasteiger partial charge on any atom is -0.274 e. The van der Waals surface area contributed by atoms with E-state index in [4.69, 9.17) is 0 Å². The SMILES string of the molecule is O=[N+]([O-])c1ccccc1N(C1CC1)C(F)(F)F. The van der Waals surface area contributed by atoms with Crippen molar-refractivity contribution < 1.29 is 18.1 Å². The van der Waals surface area contributed by atoms with Crippen molar-refractivity contribution in [2.45, 2.75) is 25.2 Å². The quantitative estimate of drug-likeness (QED) is 0.467. The first-order valence-electron chi connectivity index (χ1n) is 5.00. The summed E-state index contributed by atoms with van der Waals surface area (Å²) < 4.78 is 38.5. The fraction of sp³-hybridized carbons (Fsp3) is 0.400. The third-order valence-electron chi connectivity index (χ3n) is 2.52. The van der Waals surface area contributed by atoms with E-state index in [-0.39, 0.29) is 10.6 Å². The average molecular weight is 246 g/mol. The van der Waals surface area contributed by atoms with Crippen LogP contribution in [0.15, 0.2) is 24.3 Å². The molecule has 0 aliphatic heterocycles. The van der Waals surface area contributed by atoms with Gasteiger partial charge in [-0.05, 0) is 18.9 Å². The number of nitro benzene ring substituents is 1. The number of hydrogen-bond donors (Lipinski definition) is 0. The highest BCUT2D eigenvalue weighted by atomic mass is 19.4. The maximum Gasteiger partial charge on any atom is 0.485 e. The molecule has 1 fully saturated rings. The second-order valence-electron chi connectivity index (χ2n) is 3.81. The molecule has 0 spiro atoms. The Morgan fingerprint density at radius 3 is 2.35 bits per heavy atom. The molecule has 2 rings (SSSR count). The molecule has 0 aromatic heterocycles. The zero-order valence-electron chi connectivity index (χ0n) is 8.65. The fourth-order valence-electron chi connectivity index (χ4n) is 1.70. The van der Waals surface area contributed by atoms with Gasteiger partial charge in [-0.3, -0.25) is 15.0 Å². The van der Waals surface area contributed by atoms with Crippen LogP contribution in [-0.4, -0.2) is 17.3 Å². The molecule has 1 aliphatic carbocycles. The second kappa shape index (κ2) is 3.90. The molecule has 1 aliphatic rings. The molecule has 7 heteroatoms. The summed E-state index contributed by atoms with van der Waals surface area (Å²) in [6, 6.07) is 4.25. The molecule has 4 nitrogen and oxygen atoms in total. The van der Waals surface area contributed by atoms with E-state index in [2.05, 4.69) is 0 Å². The van der Waals surface area contributed by atoms with Gasteiger partial charge in [0.2, 0.25) is 0 Å². The van der Waals surface area contributed by atoms with Gasteiger partial charge in [-0.25, -0.2) is 0 Å². The number of benzene rings is 1. The number of anilines is 1. The van der Waals surface area contributed by atoms with Gasteiger partial charge in [-0.15, -0.1) is 0 Å². The van der Waals surface area contributed by atoms with Crippen LogP contribution in [0, 0.1) is 10.1 Å². The lowest BCUT2D eigenvalue weighted by Crippen LogP contribution is -2.40. The molecule has 0 unspecified atom stereocenters. The molecule has 92 valence electrons. The Balaban J connectivity index is 2.46. The molecular weight excluding hydrogens is 237 g/mol. The van der Waals surface area contributed by atoms with E-state index in [0.717, 1.165) is 12.1 Å². The van der Waals surface area contributed by atoms with E-state index in [0.29, 0.717) is 12.8 Å². The van der Waals surface area contributed by atoms with Crippen molar-refractivity contribution in [3.8, 4) is 0 Å². The van der Waals surface area contributed by atoms with Gasteiger partial charge in [0.1, 0.15) is 5.69 Å². The summed E-state index contributed by atoms with van der Waals surface area (Å²) in [5.74, 6) is 0. The van der Waals surface area contributed by atoms with Crippen LogP contribution in [0.5, 0.6) is 0 Å². The molecular formula is C10H9F3N2O2. The third-order valence-corrected chi connectivity index (χ3v) is 2.52. The lowest BCUT2D eigenvalue weighted by atomic mass is 10.2. The zero-order valence-corrected chi connectivity index (χ0v) is 8.65. The molecule has 17 heavy (non-hydrogen) atoms. The molecule has 0 atom stereocenters. The third kappa shape index (κ3) is 2.32. The summed E-state index contributed by atoms with van der Waals surface area (Å²) in [5, 5.41) is 10.7. The highest BCUT2D eigenvalue weighted by Gasteiger charge is 2.48. The Hall–Kier alpha value is -1.79. The number of nitrogens with zero attached hydrogens (tertiary/aromatic N) is 2. The van der Waals surface area contributed by atoms with Crippen LogP contribution in [0.2, 0.25) is 0 Å². The largest absolute Gasteiger partial charge is 0.485 e. The van der Waals surface area contributed by atoms with Gasteiger partial charge >= 0.3 is 6.30 Å². The normalized spacial score (nSPS) is 15.7. The predicted molar refractivity (Wildman–Crippen MR) is 54.7 cm³/mol. The van der Waals surface area contributed by atoms with E-state index in [1.54, 1.807) is 0 Å². The van der Waals surface area contributed by atoms with Crippen LogP contribution < -0.4 is 4.90 Å². The summed E-state index contributed by atoms with van der Waals surface area (Å²) in [4.78, 5) is 10.1. The molecule has 0 amide bonds. The lowest BCUT2D eigenvalue weighted by Gasteiger charge is -2.26. The monoisotopic (exact) mass is 246 g/mol. The number of hydrogen-bond acceptors (Lipinski definition) is 3. The first-order valence-corrected chi connectivity index (χ1v) is 5.00. The van der Waals surface area contributed by atoms with Gasteiger partial charge < -0.3 is 0 Å². The van der Waals surface area contributed by atoms with Gasteiger partial charge in [0.05, 0.1) is 4.92 Å². The predicted octanol–water partition coefficient (Wildman–Crippen LogP) is 3.08. The van der Waals surface area contributed by atoms with E-state index >= 15 is 0 Å². The smallest absolute Gasteiger partial charge is 0.274 e. The number of alkyl halides is 3. The summed E-state index contributed by atoms with van der Waals surface area (Å²) in [7, 11) is 0. The summed E-state index contributed by atoms with van der Waals surface area (Å²) in [6.07, 6.45) is -3.77. The van der Waals surface area contributed by atoms with Gasteiger partial charge in [0, 0.05) is 12.1 Å². The van der Waals surface area contributed by atoms with Gasteiger partial charge in [0.15, 0.2) is 0 Å². The fourth-order valence-corrected chi connectivity index (χ4v) is 1.70. The molecule has 1 saturated carbocycles. The molecule has 0 heterocycles. The number of para-hydroxylation sites is 2. The van der Waals surface area contributed by atoms with Crippen LogP contribution in [0.1, 0.15) is 12.8 Å².